The van der Waals surface area contributed by atoms with Crippen molar-refractivity contribution in [3.05, 3.63) is 23.8 Å². The van der Waals surface area contributed by atoms with E-state index in [2.05, 4.69) is 5.32 Å². The third kappa shape index (κ3) is 2.23. The number of hydrogen-bond donors (Lipinski definition) is 2. The Morgan fingerprint density at radius 1 is 1.35 bits per heavy atom. The van der Waals surface area contributed by atoms with Crippen LogP contribution >= 0.6 is 0 Å². The maximum atomic E-state index is 10.1. The standard InChI is InChI=1S/C13H17NO3/c15-11(10-2-1-5-14-10)6-9-3-4-12-13(7-9)17-8-16-12/h3-4,7,10-11,14-15H,1-2,5-6,8H2. The predicted molar refractivity (Wildman–Crippen MR) is 63.3 cm³/mol. The first-order valence-electron chi connectivity index (χ1n) is 6.13. The summed E-state index contributed by atoms with van der Waals surface area (Å²) >= 11 is 0. The number of aliphatic hydroxyl groups is 1. The van der Waals surface area contributed by atoms with E-state index in [1.807, 2.05) is 18.2 Å². The average Bonchev–Trinajstić information content (AvgIpc) is 2.99. The highest BCUT2D eigenvalue weighted by Gasteiger charge is 2.23. The van der Waals surface area contributed by atoms with Crippen LogP contribution < -0.4 is 14.8 Å². The number of aliphatic hydroxyl groups excluding tert-OH is 1. The van der Waals surface area contributed by atoms with Crippen molar-refractivity contribution < 1.29 is 14.6 Å². The smallest absolute Gasteiger partial charge is 0.231 e. The van der Waals surface area contributed by atoms with Gasteiger partial charge in [-0.2, -0.15) is 0 Å². The van der Waals surface area contributed by atoms with E-state index >= 15 is 0 Å². The van der Waals surface area contributed by atoms with Gasteiger partial charge in [-0.15, -0.1) is 0 Å². The molecule has 0 aromatic heterocycles. The minimum atomic E-state index is -0.321. The zero-order valence-corrected chi connectivity index (χ0v) is 9.69. The van der Waals surface area contributed by atoms with E-state index in [9.17, 15) is 5.11 Å². The Kier molecular flexibility index (Phi) is 2.91. The van der Waals surface area contributed by atoms with Gasteiger partial charge in [-0.3, -0.25) is 0 Å². The highest BCUT2D eigenvalue weighted by Crippen LogP contribution is 2.33. The molecule has 4 heteroatoms. The highest BCUT2D eigenvalue weighted by atomic mass is 16.7. The Morgan fingerprint density at radius 2 is 2.24 bits per heavy atom. The van der Waals surface area contributed by atoms with Crippen LogP contribution in [0.1, 0.15) is 18.4 Å². The Hall–Kier alpha value is -1.26. The topological polar surface area (TPSA) is 50.7 Å². The number of fused-ring (bicyclic) bond motifs is 1. The maximum absolute atomic E-state index is 10.1. The first kappa shape index (κ1) is 10.9. The SMILES string of the molecule is OC(Cc1ccc2c(c1)OCO2)C1CCCN1. The number of nitrogens with one attached hydrogen (secondary N) is 1. The van der Waals surface area contributed by atoms with Crippen LogP contribution in [-0.2, 0) is 6.42 Å². The summed E-state index contributed by atoms with van der Waals surface area (Å²) in [6.07, 6.45) is 2.56. The van der Waals surface area contributed by atoms with Crippen molar-refractivity contribution in [2.45, 2.75) is 31.4 Å². The third-order valence-corrected chi connectivity index (χ3v) is 3.44. The molecule has 2 aliphatic rings. The summed E-state index contributed by atoms with van der Waals surface area (Å²) < 4.78 is 10.6. The molecule has 2 heterocycles. The molecule has 0 amide bonds. The van der Waals surface area contributed by atoms with Crippen molar-refractivity contribution in [3.8, 4) is 11.5 Å². The number of benzene rings is 1. The minimum absolute atomic E-state index is 0.237. The molecule has 0 spiro atoms. The van der Waals surface area contributed by atoms with Crippen LogP contribution in [0.25, 0.3) is 0 Å². The Bertz CT molecular complexity index is 402. The van der Waals surface area contributed by atoms with Gasteiger partial charge in [0, 0.05) is 12.5 Å². The summed E-state index contributed by atoms with van der Waals surface area (Å²) in [5.74, 6) is 1.58. The molecule has 2 aliphatic heterocycles. The minimum Gasteiger partial charge on any atom is -0.454 e. The average molecular weight is 235 g/mol. The molecule has 1 fully saturated rings. The molecule has 0 radical (unpaired) electrons. The molecule has 1 aromatic carbocycles. The van der Waals surface area contributed by atoms with Crippen molar-refractivity contribution in [2.24, 2.45) is 0 Å². The van der Waals surface area contributed by atoms with Crippen LogP contribution in [0.5, 0.6) is 11.5 Å². The zero-order chi connectivity index (χ0) is 11.7. The first-order chi connectivity index (χ1) is 8.33. The van der Waals surface area contributed by atoms with Crippen molar-refractivity contribution in [1.82, 2.24) is 5.32 Å². The van der Waals surface area contributed by atoms with Gasteiger partial charge in [0.1, 0.15) is 0 Å². The summed E-state index contributed by atoms with van der Waals surface area (Å²) in [6.45, 7) is 1.31. The first-order valence-corrected chi connectivity index (χ1v) is 6.13. The number of rotatable bonds is 3. The molecule has 17 heavy (non-hydrogen) atoms. The molecule has 2 unspecified atom stereocenters. The van der Waals surface area contributed by atoms with Crippen LogP contribution in [0.15, 0.2) is 18.2 Å². The molecule has 92 valence electrons. The molecule has 1 saturated heterocycles. The van der Waals surface area contributed by atoms with Gasteiger partial charge < -0.3 is 19.9 Å². The molecule has 2 N–H and O–H groups in total. The molecule has 3 rings (SSSR count). The molecule has 1 aromatic rings. The summed E-state index contributed by atoms with van der Waals surface area (Å²) in [5.41, 5.74) is 1.09. The highest BCUT2D eigenvalue weighted by molar-refractivity contribution is 5.44. The van der Waals surface area contributed by atoms with E-state index in [1.165, 1.54) is 0 Å². The number of hydrogen-bond acceptors (Lipinski definition) is 4. The molecule has 0 saturated carbocycles. The molecule has 4 nitrogen and oxygen atoms in total. The second kappa shape index (κ2) is 4.55. The lowest BCUT2D eigenvalue weighted by atomic mass is 10.0. The normalized spacial score (nSPS) is 23.9. The summed E-state index contributed by atoms with van der Waals surface area (Å²) in [6, 6.07) is 6.10. The van der Waals surface area contributed by atoms with Crippen LogP contribution in [0.4, 0.5) is 0 Å². The Balaban J connectivity index is 1.68. The van der Waals surface area contributed by atoms with Gasteiger partial charge in [-0.1, -0.05) is 6.07 Å². The van der Waals surface area contributed by atoms with Gasteiger partial charge in [0.2, 0.25) is 6.79 Å². The van der Waals surface area contributed by atoms with E-state index in [-0.39, 0.29) is 12.1 Å². The summed E-state index contributed by atoms with van der Waals surface area (Å²) in [4.78, 5) is 0. The van der Waals surface area contributed by atoms with Crippen molar-refractivity contribution in [1.29, 1.82) is 0 Å². The van der Waals surface area contributed by atoms with E-state index in [1.54, 1.807) is 0 Å². The Morgan fingerprint density at radius 3 is 3.06 bits per heavy atom. The van der Waals surface area contributed by atoms with Crippen molar-refractivity contribution in [2.75, 3.05) is 13.3 Å². The van der Waals surface area contributed by atoms with Gasteiger partial charge in [0.05, 0.1) is 6.10 Å². The van der Waals surface area contributed by atoms with Gasteiger partial charge >= 0.3 is 0 Å². The largest absolute Gasteiger partial charge is 0.454 e. The fourth-order valence-electron chi connectivity index (χ4n) is 2.49. The van der Waals surface area contributed by atoms with E-state index < -0.39 is 0 Å². The van der Waals surface area contributed by atoms with Crippen molar-refractivity contribution in [3.63, 3.8) is 0 Å². The van der Waals surface area contributed by atoms with Crippen molar-refractivity contribution >= 4 is 0 Å². The van der Waals surface area contributed by atoms with Gasteiger partial charge in [-0.05, 0) is 37.1 Å². The van der Waals surface area contributed by atoms with Crippen LogP contribution in [0, 0.1) is 0 Å². The van der Waals surface area contributed by atoms with Gasteiger partial charge in [0.25, 0.3) is 0 Å². The van der Waals surface area contributed by atoms with E-state index in [0.717, 1.165) is 36.4 Å². The fourth-order valence-corrected chi connectivity index (χ4v) is 2.49. The lowest BCUT2D eigenvalue weighted by molar-refractivity contribution is 0.136. The molecule has 0 bridgehead atoms. The monoisotopic (exact) mass is 235 g/mol. The predicted octanol–water partition coefficient (Wildman–Crippen LogP) is 1.07. The summed E-state index contributed by atoms with van der Waals surface area (Å²) in [5, 5.41) is 13.4. The Labute approximate surface area is 101 Å². The third-order valence-electron chi connectivity index (χ3n) is 3.44. The molecule has 0 aliphatic carbocycles. The second-order valence-corrected chi connectivity index (χ2v) is 4.66. The van der Waals surface area contributed by atoms with E-state index in [0.29, 0.717) is 13.2 Å². The quantitative estimate of drug-likeness (QED) is 0.823. The fraction of sp³-hybridized carbons (Fsp3) is 0.538. The van der Waals surface area contributed by atoms with E-state index in [4.69, 9.17) is 9.47 Å². The maximum Gasteiger partial charge on any atom is 0.231 e. The van der Waals surface area contributed by atoms with Crippen LogP contribution in [0.2, 0.25) is 0 Å². The molecular formula is C13H17NO3. The zero-order valence-electron chi connectivity index (χ0n) is 9.69. The lowest BCUT2D eigenvalue weighted by Crippen LogP contribution is -2.36. The van der Waals surface area contributed by atoms with Gasteiger partial charge in [-0.25, -0.2) is 0 Å². The molecular weight excluding hydrogens is 218 g/mol. The number of ether oxygens (including phenoxy) is 2. The van der Waals surface area contributed by atoms with Crippen LogP contribution in [-0.4, -0.2) is 30.6 Å². The summed E-state index contributed by atoms with van der Waals surface area (Å²) in [7, 11) is 0. The lowest BCUT2D eigenvalue weighted by Gasteiger charge is -2.18. The molecule has 2 atom stereocenters. The second-order valence-electron chi connectivity index (χ2n) is 4.66. The van der Waals surface area contributed by atoms with Gasteiger partial charge in [0.15, 0.2) is 11.5 Å². The van der Waals surface area contributed by atoms with Crippen LogP contribution in [0.3, 0.4) is 0 Å².